The molecule has 2 saturated heterocycles. The first-order chi connectivity index (χ1) is 16.3. The van der Waals surface area contributed by atoms with Gasteiger partial charge in [0.1, 0.15) is 11.1 Å². The molecule has 4 unspecified atom stereocenters. The zero-order chi connectivity index (χ0) is 24.1. The third-order valence-corrected chi connectivity index (χ3v) is 8.71. The molecule has 0 bridgehead atoms. The van der Waals surface area contributed by atoms with Crippen LogP contribution in [-0.4, -0.2) is 44.8 Å². The van der Waals surface area contributed by atoms with Crippen LogP contribution in [0.5, 0.6) is 0 Å². The van der Waals surface area contributed by atoms with Gasteiger partial charge in [0.15, 0.2) is 0 Å². The van der Waals surface area contributed by atoms with E-state index in [-0.39, 0.29) is 48.8 Å². The summed E-state index contributed by atoms with van der Waals surface area (Å²) in [6.07, 6.45) is 7.34. The molecule has 34 heavy (non-hydrogen) atoms. The summed E-state index contributed by atoms with van der Waals surface area (Å²) in [6.45, 7) is 4.51. The number of hydrogen-bond donors (Lipinski definition) is 2. The van der Waals surface area contributed by atoms with Crippen LogP contribution in [0.2, 0.25) is 0 Å². The van der Waals surface area contributed by atoms with Crippen molar-refractivity contribution in [1.29, 1.82) is 0 Å². The number of rotatable bonds is 4. The van der Waals surface area contributed by atoms with E-state index in [0.29, 0.717) is 12.8 Å². The third-order valence-electron chi connectivity index (χ3n) is 8.71. The first kappa shape index (κ1) is 22.9. The van der Waals surface area contributed by atoms with Gasteiger partial charge in [0.05, 0.1) is 13.1 Å². The van der Waals surface area contributed by atoms with Gasteiger partial charge in [0.2, 0.25) is 0 Å². The van der Waals surface area contributed by atoms with Gasteiger partial charge in [-0.3, -0.25) is 19.4 Å². The van der Waals surface area contributed by atoms with E-state index in [1.165, 1.54) is 9.80 Å². The first-order valence-electron chi connectivity index (χ1n) is 12.6. The van der Waals surface area contributed by atoms with E-state index in [1.54, 1.807) is 0 Å². The molecule has 8 heteroatoms. The van der Waals surface area contributed by atoms with Crippen LogP contribution in [0.15, 0.2) is 24.3 Å². The van der Waals surface area contributed by atoms with Crippen molar-refractivity contribution in [2.24, 2.45) is 11.8 Å². The SMILES string of the molecule is CC1CCCCC12NC(=O)N(Cc1ccc(CN3C(=O)NC4(CCCCC4C)C3=O)cc1)C2=O. The molecule has 6 amide bonds. The monoisotopic (exact) mass is 466 g/mol. The molecule has 8 nitrogen and oxygen atoms in total. The van der Waals surface area contributed by atoms with E-state index in [9.17, 15) is 19.2 Å². The molecule has 1 aromatic rings. The third kappa shape index (κ3) is 3.49. The van der Waals surface area contributed by atoms with Gasteiger partial charge in [-0.1, -0.05) is 63.8 Å². The largest absolute Gasteiger partial charge is 0.325 e. The fraction of sp³-hybridized carbons (Fsp3) is 0.615. The molecule has 182 valence electrons. The van der Waals surface area contributed by atoms with Crippen LogP contribution in [0.3, 0.4) is 0 Å². The second-order valence-corrected chi connectivity index (χ2v) is 10.7. The van der Waals surface area contributed by atoms with Crippen molar-refractivity contribution in [2.45, 2.75) is 89.4 Å². The summed E-state index contributed by atoms with van der Waals surface area (Å²) in [6, 6.07) is 6.81. The smallest absolute Gasteiger partial charge is 0.323 e. The van der Waals surface area contributed by atoms with Crippen LogP contribution in [0, 0.1) is 11.8 Å². The molecule has 2 aliphatic heterocycles. The molecule has 0 radical (unpaired) electrons. The zero-order valence-corrected chi connectivity index (χ0v) is 20.1. The number of nitrogens with zero attached hydrogens (tertiary/aromatic N) is 2. The van der Waals surface area contributed by atoms with E-state index >= 15 is 0 Å². The Morgan fingerprint density at radius 1 is 0.706 bits per heavy atom. The second-order valence-electron chi connectivity index (χ2n) is 10.7. The average Bonchev–Trinajstić information content (AvgIpc) is 3.20. The second kappa shape index (κ2) is 8.40. The molecule has 4 fully saturated rings. The van der Waals surface area contributed by atoms with Gasteiger partial charge in [-0.15, -0.1) is 0 Å². The van der Waals surface area contributed by atoms with Gasteiger partial charge < -0.3 is 10.6 Å². The van der Waals surface area contributed by atoms with Crippen LogP contribution < -0.4 is 10.6 Å². The van der Waals surface area contributed by atoms with Gasteiger partial charge in [-0.2, -0.15) is 0 Å². The topological polar surface area (TPSA) is 98.8 Å². The zero-order valence-electron chi connectivity index (χ0n) is 20.1. The number of hydrogen-bond acceptors (Lipinski definition) is 4. The summed E-state index contributed by atoms with van der Waals surface area (Å²) < 4.78 is 0. The lowest BCUT2D eigenvalue weighted by Crippen LogP contribution is -2.53. The van der Waals surface area contributed by atoms with Crippen molar-refractivity contribution in [3.05, 3.63) is 35.4 Å². The van der Waals surface area contributed by atoms with E-state index in [0.717, 1.165) is 49.7 Å². The quantitative estimate of drug-likeness (QED) is 0.661. The van der Waals surface area contributed by atoms with Gasteiger partial charge in [0, 0.05) is 0 Å². The first-order valence-corrected chi connectivity index (χ1v) is 12.6. The normalized spacial score (nSPS) is 33.7. The molecular formula is C26H34N4O4. The van der Waals surface area contributed by atoms with E-state index in [2.05, 4.69) is 10.6 Å². The summed E-state index contributed by atoms with van der Waals surface area (Å²) in [5.41, 5.74) is 0.153. The molecule has 0 aromatic heterocycles. The predicted molar refractivity (Wildman–Crippen MR) is 125 cm³/mol. The van der Waals surface area contributed by atoms with Crippen LogP contribution in [0.25, 0.3) is 0 Å². The molecule has 2 N–H and O–H groups in total. The number of urea groups is 2. The minimum absolute atomic E-state index is 0.125. The summed E-state index contributed by atoms with van der Waals surface area (Å²) in [5.74, 6) is 0.00816. The van der Waals surface area contributed by atoms with Crippen LogP contribution in [0.4, 0.5) is 9.59 Å². The molecule has 2 saturated carbocycles. The Balaban J connectivity index is 1.26. The van der Waals surface area contributed by atoms with Crippen LogP contribution >= 0.6 is 0 Å². The molecular weight excluding hydrogens is 432 g/mol. The highest BCUT2D eigenvalue weighted by Crippen LogP contribution is 2.40. The fourth-order valence-corrected chi connectivity index (χ4v) is 6.39. The predicted octanol–water partition coefficient (Wildman–Crippen LogP) is 3.69. The molecule has 1 aromatic carbocycles. The molecule has 2 heterocycles. The van der Waals surface area contributed by atoms with Crippen molar-refractivity contribution in [2.75, 3.05) is 0 Å². The summed E-state index contributed by atoms with van der Waals surface area (Å²) in [7, 11) is 0. The van der Waals surface area contributed by atoms with Gasteiger partial charge in [-0.25, -0.2) is 9.59 Å². The lowest BCUT2D eigenvalue weighted by Gasteiger charge is -2.36. The Morgan fingerprint density at radius 3 is 1.44 bits per heavy atom. The number of amides is 6. The number of imide groups is 2. The molecule has 2 spiro atoms. The van der Waals surface area contributed by atoms with Crippen LogP contribution in [-0.2, 0) is 22.7 Å². The average molecular weight is 467 g/mol. The molecule has 4 atom stereocenters. The maximum Gasteiger partial charge on any atom is 0.325 e. The Labute approximate surface area is 200 Å². The Hall–Kier alpha value is -2.90. The van der Waals surface area contributed by atoms with Crippen molar-refractivity contribution in [1.82, 2.24) is 20.4 Å². The van der Waals surface area contributed by atoms with Crippen molar-refractivity contribution in [3.8, 4) is 0 Å². The molecule has 5 rings (SSSR count). The minimum Gasteiger partial charge on any atom is -0.323 e. The van der Waals surface area contributed by atoms with E-state index in [4.69, 9.17) is 0 Å². The maximum absolute atomic E-state index is 13.2. The molecule has 2 aliphatic carbocycles. The van der Waals surface area contributed by atoms with Crippen molar-refractivity contribution in [3.63, 3.8) is 0 Å². The highest BCUT2D eigenvalue weighted by molar-refractivity contribution is 6.08. The molecule has 4 aliphatic rings. The van der Waals surface area contributed by atoms with E-state index < -0.39 is 11.1 Å². The maximum atomic E-state index is 13.2. The lowest BCUT2D eigenvalue weighted by molar-refractivity contribution is -0.135. The summed E-state index contributed by atoms with van der Waals surface area (Å²) in [5, 5.41) is 5.98. The van der Waals surface area contributed by atoms with Gasteiger partial charge in [0.25, 0.3) is 11.8 Å². The highest BCUT2D eigenvalue weighted by atomic mass is 16.2. The fourth-order valence-electron chi connectivity index (χ4n) is 6.39. The number of carbonyl (C=O) groups excluding carboxylic acids is 4. The Kier molecular flexibility index (Phi) is 5.65. The summed E-state index contributed by atoms with van der Waals surface area (Å²) in [4.78, 5) is 54.4. The minimum atomic E-state index is -0.759. The highest BCUT2D eigenvalue weighted by Gasteiger charge is 2.55. The van der Waals surface area contributed by atoms with Gasteiger partial charge in [-0.05, 0) is 48.6 Å². The standard InChI is InChI=1S/C26H34N4O4/c1-17-7-3-5-13-25(17)21(31)29(23(33)27-25)15-19-9-11-20(12-10-19)16-30-22(32)26(28-24(30)34)14-6-4-8-18(26)2/h9-12,17-18H,3-8,13-16H2,1-2H3,(H,27,33)(H,28,34). The number of nitrogens with one attached hydrogen (secondary N) is 2. The van der Waals surface area contributed by atoms with Crippen LogP contribution in [0.1, 0.15) is 76.3 Å². The van der Waals surface area contributed by atoms with Crippen molar-refractivity contribution >= 4 is 23.9 Å². The Morgan fingerprint density at radius 2 is 1.09 bits per heavy atom. The lowest BCUT2D eigenvalue weighted by atomic mass is 9.73. The summed E-state index contributed by atoms with van der Waals surface area (Å²) >= 11 is 0. The van der Waals surface area contributed by atoms with Crippen molar-refractivity contribution < 1.29 is 19.2 Å². The number of benzene rings is 1. The van der Waals surface area contributed by atoms with E-state index in [1.807, 2.05) is 38.1 Å². The Bertz CT molecular complexity index is 943. The van der Waals surface area contributed by atoms with Gasteiger partial charge >= 0.3 is 12.1 Å². The number of carbonyl (C=O) groups is 4.